The number of aryl methyl sites for hydroxylation is 1. The topological polar surface area (TPSA) is 24.9 Å². The highest BCUT2D eigenvalue weighted by molar-refractivity contribution is 7.11. The molecule has 0 saturated carbocycles. The highest BCUT2D eigenvalue weighted by Gasteiger charge is 2.14. The molecule has 0 saturated heterocycles. The fourth-order valence-corrected chi connectivity index (χ4v) is 2.89. The van der Waals surface area contributed by atoms with Crippen molar-refractivity contribution in [3.8, 4) is 0 Å². The van der Waals surface area contributed by atoms with Crippen LogP contribution in [0.5, 0.6) is 0 Å². The summed E-state index contributed by atoms with van der Waals surface area (Å²) in [6, 6.07) is 7.04. The standard InChI is InChI=1S/C15H19FN2S/c1-3-7-17-14(15-10-18-11(2)19-15)9-12-5-4-6-13(16)8-12/h4-6,8,10,14,17H,3,7,9H2,1-2H3. The number of hydrogen-bond donors (Lipinski definition) is 1. The Morgan fingerprint density at radius 2 is 2.26 bits per heavy atom. The summed E-state index contributed by atoms with van der Waals surface area (Å²) in [6.45, 7) is 5.11. The van der Waals surface area contributed by atoms with Crippen molar-refractivity contribution in [3.05, 3.63) is 51.7 Å². The van der Waals surface area contributed by atoms with E-state index in [1.807, 2.05) is 19.2 Å². The molecule has 0 spiro atoms. The second-order valence-corrected chi connectivity index (χ2v) is 5.89. The molecule has 0 fully saturated rings. The highest BCUT2D eigenvalue weighted by Crippen LogP contribution is 2.24. The van der Waals surface area contributed by atoms with Gasteiger partial charge in [-0.15, -0.1) is 11.3 Å². The normalized spacial score (nSPS) is 12.6. The van der Waals surface area contributed by atoms with Crippen molar-refractivity contribution in [1.29, 1.82) is 0 Å². The van der Waals surface area contributed by atoms with Gasteiger partial charge in [0.15, 0.2) is 0 Å². The Bertz CT molecular complexity index is 524. The van der Waals surface area contributed by atoms with Gasteiger partial charge in [0, 0.05) is 17.1 Å². The Morgan fingerprint density at radius 1 is 1.42 bits per heavy atom. The molecule has 1 aromatic carbocycles. The zero-order valence-electron chi connectivity index (χ0n) is 11.3. The van der Waals surface area contributed by atoms with Crippen LogP contribution >= 0.6 is 11.3 Å². The van der Waals surface area contributed by atoms with E-state index in [1.54, 1.807) is 23.5 Å². The van der Waals surface area contributed by atoms with E-state index in [9.17, 15) is 4.39 Å². The molecule has 0 bridgehead atoms. The average Bonchev–Trinajstić information content (AvgIpc) is 2.81. The Labute approximate surface area is 117 Å². The molecule has 0 aliphatic carbocycles. The summed E-state index contributed by atoms with van der Waals surface area (Å²) in [7, 11) is 0. The lowest BCUT2D eigenvalue weighted by atomic mass is 10.0. The van der Waals surface area contributed by atoms with E-state index < -0.39 is 0 Å². The third-order valence-corrected chi connectivity index (χ3v) is 3.98. The van der Waals surface area contributed by atoms with Crippen LogP contribution in [0.2, 0.25) is 0 Å². The minimum atomic E-state index is -0.174. The number of benzene rings is 1. The van der Waals surface area contributed by atoms with Gasteiger partial charge in [-0.05, 0) is 44.0 Å². The number of aromatic nitrogens is 1. The first-order valence-corrected chi connectivity index (χ1v) is 7.41. The Morgan fingerprint density at radius 3 is 2.89 bits per heavy atom. The van der Waals surface area contributed by atoms with Gasteiger partial charge in [-0.1, -0.05) is 19.1 Å². The van der Waals surface area contributed by atoms with Gasteiger partial charge in [0.1, 0.15) is 5.82 Å². The van der Waals surface area contributed by atoms with Crippen molar-refractivity contribution in [2.45, 2.75) is 32.7 Å². The van der Waals surface area contributed by atoms with E-state index in [4.69, 9.17) is 0 Å². The number of hydrogen-bond acceptors (Lipinski definition) is 3. The van der Waals surface area contributed by atoms with Crippen LogP contribution in [0, 0.1) is 12.7 Å². The number of nitrogens with zero attached hydrogens (tertiary/aromatic N) is 1. The third-order valence-electron chi connectivity index (χ3n) is 2.95. The number of nitrogens with one attached hydrogen (secondary N) is 1. The summed E-state index contributed by atoms with van der Waals surface area (Å²) in [4.78, 5) is 5.53. The first-order chi connectivity index (χ1) is 9.19. The second-order valence-electron chi connectivity index (χ2n) is 4.62. The van der Waals surface area contributed by atoms with E-state index in [0.717, 1.165) is 30.0 Å². The molecule has 0 aliphatic heterocycles. The van der Waals surface area contributed by atoms with Crippen LogP contribution < -0.4 is 5.32 Å². The van der Waals surface area contributed by atoms with Crippen molar-refractivity contribution >= 4 is 11.3 Å². The summed E-state index contributed by atoms with van der Waals surface area (Å²) in [5.74, 6) is -0.174. The van der Waals surface area contributed by atoms with Crippen molar-refractivity contribution < 1.29 is 4.39 Å². The lowest BCUT2D eigenvalue weighted by Crippen LogP contribution is -2.23. The fourth-order valence-electron chi connectivity index (χ4n) is 2.03. The Balaban J connectivity index is 2.13. The molecule has 1 unspecified atom stereocenters. The van der Waals surface area contributed by atoms with Crippen molar-refractivity contribution in [2.24, 2.45) is 0 Å². The molecule has 4 heteroatoms. The van der Waals surface area contributed by atoms with Gasteiger partial charge in [0.25, 0.3) is 0 Å². The minimum absolute atomic E-state index is 0.174. The Kier molecular flexibility index (Phi) is 5.05. The van der Waals surface area contributed by atoms with Gasteiger partial charge in [0.05, 0.1) is 5.01 Å². The number of halogens is 1. The molecule has 1 heterocycles. The van der Waals surface area contributed by atoms with Crippen LogP contribution in [-0.2, 0) is 6.42 Å². The predicted octanol–water partition coefficient (Wildman–Crippen LogP) is 3.87. The zero-order valence-corrected chi connectivity index (χ0v) is 12.1. The van der Waals surface area contributed by atoms with E-state index >= 15 is 0 Å². The van der Waals surface area contributed by atoms with Gasteiger partial charge in [-0.3, -0.25) is 0 Å². The third kappa shape index (κ3) is 4.11. The molecule has 0 aliphatic rings. The molecular formula is C15H19FN2S. The van der Waals surface area contributed by atoms with Crippen LogP contribution in [0.4, 0.5) is 4.39 Å². The molecule has 0 amide bonds. The highest BCUT2D eigenvalue weighted by atomic mass is 32.1. The molecular weight excluding hydrogens is 259 g/mol. The maximum Gasteiger partial charge on any atom is 0.123 e. The monoisotopic (exact) mass is 278 g/mol. The van der Waals surface area contributed by atoms with Crippen LogP contribution in [-0.4, -0.2) is 11.5 Å². The molecule has 0 radical (unpaired) electrons. The van der Waals surface area contributed by atoms with E-state index in [0.29, 0.717) is 0 Å². The first-order valence-electron chi connectivity index (χ1n) is 6.59. The molecule has 1 N–H and O–H groups in total. The maximum absolute atomic E-state index is 13.2. The largest absolute Gasteiger partial charge is 0.309 e. The minimum Gasteiger partial charge on any atom is -0.309 e. The van der Waals surface area contributed by atoms with Gasteiger partial charge < -0.3 is 5.32 Å². The lowest BCUT2D eigenvalue weighted by molar-refractivity contribution is 0.533. The average molecular weight is 278 g/mol. The second kappa shape index (κ2) is 6.78. The summed E-state index contributed by atoms with van der Waals surface area (Å²) in [6.07, 6.45) is 3.80. The van der Waals surface area contributed by atoms with Crippen LogP contribution in [0.15, 0.2) is 30.5 Å². The maximum atomic E-state index is 13.2. The Hall–Kier alpha value is -1.26. The van der Waals surface area contributed by atoms with Crippen LogP contribution in [0.1, 0.15) is 34.8 Å². The van der Waals surface area contributed by atoms with Gasteiger partial charge in [-0.2, -0.15) is 0 Å². The molecule has 102 valence electrons. The van der Waals surface area contributed by atoms with Gasteiger partial charge >= 0.3 is 0 Å². The van der Waals surface area contributed by atoms with Crippen LogP contribution in [0.25, 0.3) is 0 Å². The fraction of sp³-hybridized carbons (Fsp3) is 0.400. The van der Waals surface area contributed by atoms with Crippen molar-refractivity contribution in [2.75, 3.05) is 6.54 Å². The summed E-state index contributed by atoms with van der Waals surface area (Å²) >= 11 is 1.70. The molecule has 1 aromatic heterocycles. The smallest absolute Gasteiger partial charge is 0.123 e. The summed E-state index contributed by atoms with van der Waals surface area (Å²) < 4.78 is 13.2. The van der Waals surface area contributed by atoms with Crippen molar-refractivity contribution in [1.82, 2.24) is 10.3 Å². The number of thiazole rings is 1. The van der Waals surface area contributed by atoms with Crippen LogP contribution in [0.3, 0.4) is 0 Å². The molecule has 19 heavy (non-hydrogen) atoms. The van der Waals surface area contributed by atoms with Gasteiger partial charge in [0.2, 0.25) is 0 Å². The zero-order chi connectivity index (χ0) is 13.7. The lowest BCUT2D eigenvalue weighted by Gasteiger charge is -2.16. The molecule has 2 nitrogen and oxygen atoms in total. The van der Waals surface area contributed by atoms with Crippen molar-refractivity contribution in [3.63, 3.8) is 0 Å². The molecule has 2 rings (SSSR count). The van der Waals surface area contributed by atoms with E-state index in [1.165, 1.54) is 10.9 Å². The summed E-state index contributed by atoms with van der Waals surface area (Å²) in [5.41, 5.74) is 1.01. The van der Waals surface area contributed by atoms with Gasteiger partial charge in [-0.25, -0.2) is 9.37 Å². The predicted molar refractivity (Wildman–Crippen MR) is 78.0 cm³/mol. The quantitative estimate of drug-likeness (QED) is 0.867. The van der Waals surface area contributed by atoms with E-state index in [2.05, 4.69) is 17.2 Å². The van der Waals surface area contributed by atoms with E-state index in [-0.39, 0.29) is 11.9 Å². The molecule has 1 atom stereocenters. The SMILES string of the molecule is CCCNC(Cc1cccc(F)c1)c1cnc(C)s1. The number of rotatable bonds is 6. The first kappa shape index (κ1) is 14.2. The molecule has 2 aromatic rings. The summed E-state index contributed by atoms with van der Waals surface area (Å²) in [5, 5.41) is 4.58.